The van der Waals surface area contributed by atoms with E-state index in [0.29, 0.717) is 42.9 Å². The van der Waals surface area contributed by atoms with Crippen LogP contribution in [0.5, 0.6) is 0 Å². The third-order valence-electron chi connectivity index (χ3n) is 5.68. The van der Waals surface area contributed by atoms with E-state index in [1.54, 1.807) is 0 Å². The quantitative estimate of drug-likeness (QED) is 0.511. The van der Waals surface area contributed by atoms with E-state index < -0.39 is 11.7 Å². The molecule has 2 aromatic heterocycles. The first-order valence-electron chi connectivity index (χ1n) is 10.2. The zero-order chi connectivity index (χ0) is 22.3. The van der Waals surface area contributed by atoms with Gasteiger partial charge in [-0.05, 0) is 24.3 Å². The van der Waals surface area contributed by atoms with Crippen LogP contribution in [0.2, 0.25) is 0 Å². The molecule has 162 valence electrons. The van der Waals surface area contributed by atoms with E-state index >= 15 is 0 Å². The Morgan fingerprint density at radius 3 is 2.53 bits per heavy atom. The Kier molecular flexibility index (Phi) is 5.01. The van der Waals surface area contributed by atoms with Gasteiger partial charge >= 0.3 is 6.18 Å². The molecule has 1 N–H and O–H groups in total. The van der Waals surface area contributed by atoms with Gasteiger partial charge in [-0.1, -0.05) is 36.4 Å². The lowest BCUT2D eigenvalue weighted by Crippen LogP contribution is -2.35. The molecule has 5 rings (SSSR count). The number of benzene rings is 2. The van der Waals surface area contributed by atoms with Crippen LogP contribution < -0.4 is 5.56 Å². The van der Waals surface area contributed by atoms with Gasteiger partial charge in [-0.3, -0.25) is 14.7 Å². The number of hydrogen-bond donors (Lipinski definition) is 1. The molecule has 0 saturated heterocycles. The molecule has 0 amide bonds. The van der Waals surface area contributed by atoms with E-state index in [1.807, 2.05) is 36.4 Å². The Labute approximate surface area is 181 Å². The molecule has 0 unspecified atom stereocenters. The van der Waals surface area contributed by atoms with Gasteiger partial charge in [0.2, 0.25) is 0 Å². The zero-order valence-electron chi connectivity index (χ0n) is 17.0. The normalized spacial score (nSPS) is 14.5. The molecule has 0 bridgehead atoms. The summed E-state index contributed by atoms with van der Waals surface area (Å²) in [6.45, 7) is 1.77. The minimum atomic E-state index is -4.40. The predicted octanol–water partition coefficient (Wildman–Crippen LogP) is 4.56. The molecule has 2 aromatic carbocycles. The van der Waals surface area contributed by atoms with Gasteiger partial charge in [0.05, 0.1) is 28.0 Å². The summed E-state index contributed by atoms with van der Waals surface area (Å²) in [5, 5.41) is 1.08. The van der Waals surface area contributed by atoms with Gasteiger partial charge in [-0.2, -0.15) is 13.2 Å². The van der Waals surface area contributed by atoms with Crippen molar-refractivity contribution in [3.63, 3.8) is 0 Å². The van der Waals surface area contributed by atoms with E-state index in [9.17, 15) is 18.0 Å². The molecule has 0 saturated carbocycles. The summed E-state index contributed by atoms with van der Waals surface area (Å²) in [5.41, 5.74) is 2.58. The van der Waals surface area contributed by atoms with Crippen LogP contribution in [-0.2, 0) is 25.7 Å². The molecule has 0 aliphatic carbocycles. The van der Waals surface area contributed by atoms with E-state index in [2.05, 4.69) is 14.9 Å². The Morgan fingerprint density at radius 2 is 1.75 bits per heavy atom. The predicted molar refractivity (Wildman–Crippen MR) is 115 cm³/mol. The molecule has 8 heteroatoms. The highest BCUT2D eigenvalue weighted by molar-refractivity contribution is 5.78. The second-order valence-electron chi connectivity index (χ2n) is 7.87. The lowest BCUT2D eigenvalue weighted by Gasteiger charge is -2.27. The molecule has 0 fully saturated rings. The van der Waals surface area contributed by atoms with Crippen molar-refractivity contribution in [3.8, 4) is 11.4 Å². The summed E-state index contributed by atoms with van der Waals surface area (Å²) in [7, 11) is 0. The number of hydrogen-bond acceptors (Lipinski definition) is 4. The lowest BCUT2D eigenvalue weighted by atomic mass is 10.1. The second-order valence-corrected chi connectivity index (χ2v) is 7.87. The second kappa shape index (κ2) is 7.87. The average Bonchev–Trinajstić information content (AvgIpc) is 2.79. The SMILES string of the molecule is O=c1[nH]c(-c2ccc(C(F)(F)F)cc2)nc2c1CN(Cc1ccc3ccccc3n1)CC2. The van der Waals surface area contributed by atoms with E-state index in [-0.39, 0.29) is 11.4 Å². The van der Waals surface area contributed by atoms with Crippen LogP contribution in [0.3, 0.4) is 0 Å². The van der Waals surface area contributed by atoms with E-state index in [4.69, 9.17) is 4.98 Å². The van der Waals surface area contributed by atoms with Gasteiger partial charge in [0.15, 0.2) is 0 Å². The molecule has 32 heavy (non-hydrogen) atoms. The number of nitrogens with zero attached hydrogens (tertiary/aromatic N) is 3. The molecule has 4 aromatic rings. The fraction of sp³-hybridized carbons (Fsp3) is 0.208. The summed E-state index contributed by atoms with van der Waals surface area (Å²) in [6, 6.07) is 16.6. The zero-order valence-corrected chi connectivity index (χ0v) is 17.0. The highest BCUT2D eigenvalue weighted by atomic mass is 19.4. The number of aromatic amines is 1. The van der Waals surface area contributed by atoms with Crippen molar-refractivity contribution in [2.45, 2.75) is 25.7 Å². The fourth-order valence-corrected chi connectivity index (χ4v) is 4.00. The Morgan fingerprint density at radius 1 is 0.969 bits per heavy atom. The molecule has 0 atom stereocenters. The number of H-pyrrole nitrogens is 1. The maximum Gasteiger partial charge on any atom is 0.416 e. The Bertz CT molecular complexity index is 1350. The standard InChI is InChI=1S/C24H19F3N4O/c25-24(26,27)17-8-5-16(6-9-17)22-29-21-11-12-31(14-19(21)23(32)30-22)13-18-10-7-15-3-1-2-4-20(15)28-18/h1-10H,11-14H2,(H,29,30,32). The highest BCUT2D eigenvalue weighted by Crippen LogP contribution is 2.30. The number of para-hydroxylation sites is 1. The highest BCUT2D eigenvalue weighted by Gasteiger charge is 2.30. The van der Waals surface area contributed by atoms with Crippen LogP contribution in [0.15, 0.2) is 65.5 Å². The first-order valence-corrected chi connectivity index (χ1v) is 10.2. The van der Waals surface area contributed by atoms with E-state index in [0.717, 1.165) is 28.7 Å². The molecule has 1 aliphatic heterocycles. The minimum Gasteiger partial charge on any atom is -0.306 e. The number of aromatic nitrogens is 3. The van der Waals surface area contributed by atoms with Crippen LogP contribution in [-0.4, -0.2) is 26.4 Å². The summed E-state index contributed by atoms with van der Waals surface area (Å²) in [4.78, 5) is 26.9. The third kappa shape index (κ3) is 4.01. The van der Waals surface area contributed by atoms with Crippen molar-refractivity contribution in [2.24, 2.45) is 0 Å². The molecular formula is C24H19F3N4O. The van der Waals surface area contributed by atoms with Crippen LogP contribution in [0.4, 0.5) is 13.2 Å². The number of pyridine rings is 1. The topological polar surface area (TPSA) is 61.9 Å². The van der Waals surface area contributed by atoms with Crippen LogP contribution in [0, 0.1) is 0 Å². The summed E-state index contributed by atoms with van der Waals surface area (Å²) < 4.78 is 38.4. The van der Waals surface area contributed by atoms with Crippen molar-refractivity contribution in [1.29, 1.82) is 0 Å². The number of halogens is 3. The fourth-order valence-electron chi connectivity index (χ4n) is 4.00. The maximum absolute atomic E-state index is 12.8. The smallest absolute Gasteiger partial charge is 0.306 e. The van der Waals surface area contributed by atoms with Crippen molar-refractivity contribution < 1.29 is 13.2 Å². The minimum absolute atomic E-state index is 0.263. The van der Waals surface area contributed by atoms with Crippen LogP contribution >= 0.6 is 0 Å². The molecule has 1 aliphatic rings. The average molecular weight is 436 g/mol. The molecule has 0 spiro atoms. The van der Waals surface area contributed by atoms with Gasteiger partial charge in [0.25, 0.3) is 5.56 Å². The molecule has 3 heterocycles. The molecule has 0 radical (unpaired) electrons. The monoisotopic (exact) mass is 436 g/mol. The third-order valence-corrected chi connectivity index (χ3v) is 5.68. The van der Waals surface area contributed by atoms with Gasteiger partial charge in [-0.15, -0.1) is 0 Å². The number of alkyl halides is 3. The largest absolute Gasteiger partial charge is 0.416 e. The van der Waals surface area contributed by atoms with Crippen LogP contribution in [0.1, 0.15) is 22.5 Å². The Hall–Kier alpha value is -3.52. The van der Waals surface area contributed by atoms with Crippen molar-refractivity contribution >= 4 is 10.9 Å². The first kappa shape index (κ1) is 20.4. The van der Waals surface area contributed by atoms with Gasteiger partial charge in [0, 0.05) is 37.0 Å². The van der Waals surface area contributed by atoms with E-state index in [1.165, 1.54) is 12.1 Å². The summed E-state index contributed by atoms with van der Waals surface area (Å²) in [5.74, 6) is 0.284. The summed E-state index contributed by atoms with van der Waals surface area (Å²) in [6.07, 6.45) is -3.82. The van der Waals surface area contributed by atoms with Gasteiger partial charge in [-0.25, -0.2) is 4.98 Å². The van der Waals surface area contributed by atoms with Crippen molar-refractivity contribution in [1.82, 2.24) is 19.9 Å². The maximum atomic E-state index is 12.8. The first-order chi connectivity index (χ1) is 15.4. The van der Waals surface area contributed by atoms with Crippen molar-refractivity contribution in [2.75, 3.05) is 6.54 Å². The van der Waals surface area contributed by atoms with Crippen molar-refractivity contribution in [3.05, 3.63) is 93.5 Å². The van der Waals surface area contributed by atoms with Gasteiger partial charge in [0.1, 0.15) is 5.82 Å². The lowest BCUT2D eigenvalue weighted by molar-refractivity contribution is -0.137. The van der Waals surface area contributed by atoms with Crippen LogP contribution in [0.25, 0.3) is 22.3 Å². The number of fused-ring (bicyclic) bond motifs is 2. The molecular weight excluding hydrogens is 417 g/mol. The Balaban J connectivity index is 1.36. The van der Waals surface area contributed by atoms with Gasteiger partial charge < -0.3 is 4.98 Å². The molecule has 5 nitrogen and oxygen atoms in total. The summed E-state index contributed by atoms with van der Waals surface area (Å²) >= 11 is 0. The number of nitrogens with one attached hydrogen (secondary N) is 1. The number of rotatable bonds is 3.